The molecule has 1 aliphatic carbocycles. The van der Waals surface area contributed by atoms with Crippen LogP contribution in [0.2, 0.25) is 6.82 Å². The number of hydrogen-bond acceptors (Lipinski definition) is 6. The summed E-state index contributed by atoms with van der Waals surface area (Å²) in [4.78, 5) is 29.7. The molecule has 3 rings (SSSR count). The molecular formula is C14H15BN2O4. The van der Waals surface area contributed by atoms with Gasteiger partial charge in [0.2, 0.25) is 5.78 Å². The summed E-state index contributed by atoms with van der Waals surface area (Å²) in [7, 11) is 0.663. The van der Waals surface area contributed by atoms with Crippen molar-refractivity contribution in [3.05, 3.63) is 40.9 Å². The Labute approximate surface area is 122 Å². The van der Waals surface area contributed by atoms with E-state index in [1.165, 1.54) is 19.4 Å². The molecule has 0 bridgehead atoms. The van der Waals surface area contributed by atoms with Crippen molar-refractivity contribution in [1.82, 2.24) is 9.79 Å². The van der Waals surface area contributed by atoms with Crippen LogP contribution in [0.25, 0.3) is 0 Å². The second kappa shape index (κ2) is 5.00. The third kappa shape index (κ3) is 2.13. The lowest BCUT2D eigenvalue weighted by Crippen LogP contribution is -2.34. The fourth-order valence-corrected chi connectivity index (χ4v) is 3.03. The maximum Gasteiger partial charge on any atom is 0.409 e. The summed E-state index contributed by atoms with van der Waals surface area (Å²) in [5, 5.41) is 9.79. The van der Waals surface area contributed by atoms with E-state index in [4.69, 9.17) is 4.74 Å². The summed E-state index contributed by atoms with van der Waals surface area (Å²) in [5.74, 6) is -0.677. The lowest BCUT2D eigenvalue weighted by Gasteiger charge is -2.26. The number of esters is 1. The predicted molar refractivity (Wildman–Crippen MR) is 75.9 cm³/mol. The molecule has 21 heavy (non-hydrogen) atoms. The number of fused-ring (bicyclic) bond motifs is 3. The van der Waals surface area contributed by atoms with Gasteiger partial charge >= 0.3 is 13.0 Å². The first-order valence-corrected chi connectivity index (χ1v) is 6.81. The van der Waals surface area contributed by atoms with Crippen LogP contribution in [0.1, 0.15) is 38.7 Å². The van der Waals surface area contributed by atoms with Gasteiger partial charge in [-0.1, -0.05) is 0 Å². The third-order valence-electron chi connectivity index (χ3n) is 4.02. The third-order valence-corrected chi connectivity index (χ3v) is 4.02. The molecular weight excluding hydrogens is 271 g/mol. The number of carbonyl (C=O) groups excluding carboxylic acids is 2. The largest absolute Gasteiger partial charge is 0.465 e. The molecule has 1 aromatic rings. The van der Waals surface area contributed by atoms with E-state index in [1.807, 2.05) is 0 Å². The second-order valence-electron chi connectivity index (χ2n) is 5.25. The van der Waals surface area contributed by atoms with Crippen molar-refractivity contribution in [2.75, 3.05) is 13.7 Å². The van der Waals surface area contributed by atoms with Gasteiger partial charge in [-0.3, -0.25) is 9.78 Å². The van der Waals surface area contributed by atoms with Crippen LogP contribution in [0.5, 0.6) is 0 Å². The Morgan fingerprint density at radius 1 is 1.57 bits per heavy atom. The SMILES string of the molecule is COC(=O)c1cnc2c(c1)C1CCN(B(C)O)C1=CC2=O. The monoisotopic (exact) mass is 286 g/mol. The van der Waals surface area contributed by atoms with Crippen LogP contribution in [-0.2, 0) is 4.74 Å². The number of aromatic nitrogens is 1. The fraction of sp³-hybridized carbons (Fsp3) is 0.357. The summed E-state index contributed by atoms with van der Waals surface area (Å²) >= 11 is 0. The molecule has 7 heteroatoms. The molecule has 0 radical (unpaired) electrons. The Balaban J connectivity index is 2.06. The molecule has 1 saturated heterocycles. The number of pyridine rings is 1. The van der Waals surface area contributed by atoms with Gasteiger partial charge in [0.15, 0.2) is 0 Å². The number of nitrogens with zero attached hydrogens (tertiary/aromatic N) is 2. The van der Waals surface area contributed by atoms with Gasteiger partial charge in [0.1, 0.15) is 5.69 Å². The van der Waals surface area contributed by atoms with Gasteiger partial charge in [0, 0.05) is 30.4 Å². The van der Waals surface area contributed by atoms with Crippen LogP contribution in [0, 0.1) is 0 Å². The van der Waals surface area contributed by atoms with Crippen LogP contribution in [-0.4, -0.2) is 47.3 Å². The minimum Gasteiger partial charge on any atom is -0.465 e. The molecule has 1 fully saturated rings. The standard InChI is InChI=1S/C14H15BN2O4/c1-15(20)17-4-3-9-10-5-8(14(19)21-2)7-16-13(10)12(18)6-11(9)17/h5-7,9,20H,3-4H2,1-2H3. The average Bonchev–Trinajstić information content (AvgIpc) is 2.90. The van der Waals surface area contributed by atoms with E-state index >= 15 is 0 Å². The Hall–Kier alpha value is -2.15. The maximum absolute atomic E-state index is 12.2. The molecule has 2 heterocycles. The molecule has 6 nitrogen and oxygen atoms in total. The first kappa shape index (κ1) is 13.8. The Morgan fingerprint density at radius 3 is 3.00 bits per heavy atom. The van der Waals surface area contributed by atoms with Gasteiger partial charge in [-0.15, -0.1) is 0 Å². The zero-order valence-corrected chi connectivity index (χ0v) is 11.9. The van der Waals surface area contributed by atoms with Crippen molar-refractivity contribution in [3.8, 4) is 0 Å². The molecule has 0 amide bonds. The minimum atomic E-state index is -0.646. The average molecular weight is 286 g/mol. The number of rotatable bonds is 2. The number of hydrogen-bond donors (Lipinski definition) is 1. The number of ether oxygens (including phenoxy) is 1. The van der Waals surface area contributed by atoms with E-state index in [0.29, 0.717) is 17.8 Å². The lowest BCUT2D eigenvalue weighted by molar-refractivity contribution is 0.0599. The highest BCUT2D eigenvalue weighted by Gasteiger charge is 2.38. The molecule has 2 aliphatic rings. The van der Waals surface area contributed by atoms with Crippen molar-refractivity contribution in [2.45, 2.75) is 19.2 Å². The smallest absolute Gasteiger partial charge is 0.409 e. The number of allylic oxidation sites excluding steroid dienone is 2. The molecule has 0 spiro atoms. The van der Waals surface area contributed by atoms with E-state index in [9.17, 15) is 14.6 Å². The molecule has 1 aromatic heterocycles. The highest BCUT2D eigenvalue weighted by atomic mass is 16.5. The van der Waals surface area contributed by atoms with E-state index in [-0.39, 0.29) is 11.7 Å². The Bertz CT molecular complexity index is 656. The molecule has 1 N–H and O–H groups in total. The zero-order chi connectivity index (χ0) is 15.1. The highest BCUT2D eigenvalue weighted by molar-refractivity contribution is 6.46. The number of carbonyl (C=O) groups is 2. The van der Waals surface area contributed by atoms with Crippen LogP contribution >= 0.6 is 0 Å². The van der Waals surface area contributed by atoms with Crippen LogP contribution in [0.3, 0.4) is 0 Å². The minimum absolute atomic E-state index is 0.00981. The quantitative estimate of drug-likeness (QED) is 0.641. The van der Waals surface area contributed by atoms with E-state index in [1.54, 1.807) is 17.7 Å². The number of methoxy groups -OCH3 is 1. The fourth-order valence-electron chi connectivity index (χ4n) is 3.03. The Morgan fingerprint density at radius 2 is 2.33 bits per heavy atom. The van der Waals surface area contributed by atoms with E-state index in [0.717, 1.165) is 17.7 Å². The summed E-state index contributed by atoms with van der Waals surface area (Å²) in [6.45, 7) is 2.34. The summed E-state index contributed by atoms with van der Waals surface area (Å²) in [6, 6.07) is 1.68. The predicted octanol–water partition coefficient (Wildman–Crippen LogP) is 0.848. The summed E-state index contributed by atoms with van der Waals surface area (Å²) in [6.07, 6.45) is 3.68. The molecule has 1 unspecified atom stereocenters. The maximum atomic E-state index is 12.2. The molecule has 0 aromatic carbocycles. The lowest BCUT2D eigenvalue weighted by atomic mass is 9.82. The van der Waals surface area contributed by atoms with Gasteiger partial charge < -0.3 is 14.6 Å². The van der Waals surface area contributed by atoms with Crippen molar-refractivity contribution < 1.29 is 19.3 Å². The summed E-state index contributed by atoms with van der Waals surface area (Å²) in [5.41, 5.74) is 2.25. The van der Waals surface area contributed by atoms with Gasteiger partial charge in [-0.05, 0) is 24.9 Å². The van der Waals surface area contributed by atoms with Crippen LogP contribution in [0.4, 0.5) is 0 Å². The van der Waals surface area contributed by atoms with Crippen LogP contribution < -0.4 is 0 Å². The van der Waals surface area contributed by atoms with Gasteiger partial charge in [0.25, 0.3) is 0 Å². The molecule has 1 aliphatic heterocycles. The summed E-state index contributed by atoms with van der Waals surface area (Å²) < 4.78 is 4.70. The molecule has 0 saturated carbocycles. The van der Waals surface area contributed by atoms with Gasteiger partial charge in [0.05, 0.1) is 12.7 Å². The molecule has 1 atom stereocenters. The normalized spacial score (nSPS) is 19.8. The highest BCUT2D eigenvalue weighted by Crippen LogP contribution is 2.41. The number of ketones is 1. The topological polar surface area (TPSA) is 79.7 Å². The Kier molecular flexibility index (Phi) is 3.29. The van der Waals surface area contributed by atoms with Crippen molar-refractivity contribution in [3.63, 3.8) is 0 Å². The van der Waals surface area contributed by atoms with E-state index in [2.05, 4.69) is 4.98 Å². The first-order chi connectivity index (χ1) is 10.0. The zero-order valence-electron chi connectivity index (χ0n) is 11.9. The van der Waals surface area contributed by atoms with Gasteiger partial charge in [-0.2, -0.15) is 0 Å². The first-order valence-electron chi connectivity index (χ1n) is 6.81. The second-order valence-corrected chi connectivity index (χ2v) is 5.25. The van der Waals surface area contributed by atoms with Crippen molar-refractivity contribution >= 4 is 18.8 Å². The van der Waals surface area contributed by atoms with Crippen molar-refractivity contribution in [1.29, 1.82) is 0 Å². The molecule has 108 valence electrons. The van der Waals surface area contributed by atoms with Gasteiger partial charge in [-0.25, -0.2) is 4.79 Å². The van der Waals surface area contributed by atoms with Crippen molar-refractivity contribution in [2.24, 2.45) is 0 Å². The van der Waals surface area contributed by atoms with E-state index < -0.39 is 13.0 Å². The van der Waals surface area contributed by atoms with Crippen LogP contribution in [0.15, 0.2) is 24.0 Å².